The highest BCUT2D eigenvalue weighted by Gasteiger charge is 2.08. The van der Waals surface area contributed by atoms with Gasteiger partial charge in [-0.1, -0.05) is 13.0 Å². The highest BCUT2D eigenvalue weighted by atomic mass is 16.5. The Morgan fingerprint density at radius 2 is 2.07 bits per heavy atom. The van der Waals surface area contributed by atoms with Crippen molar-refractivity contribution in [3.63, 3.8) is 0 Å². The van der Waals surface area contributed by atoms with Crippen molar-refractivity contribution < 1.29 is 14.6 Å². The molecule has 0 radical (unpaired) electrons. The maximum Gasteiger partial charge on any atom is 0.161 e. The largest absolute Gasteiger partial charge is 0.493 e. The molecule has 15 heavy (non-hydrogen) atoms. The molecule has 1 aromatic carbocycles. The Morgan fingerprint density at radius 1 is 1.33 bits per heavy atom. The summed E-state index contributed by atoms with van der Waals surface area (Å²) in [4.78, 5) is 0. The summed E-state index contributed by atoms with van der Waals surface area (Å²) in [5.74, 6) is 1.39. The average Bonchev–Trinajstić information content (AvgIpc) is 2.25. The van der Waals surface area contributed by atoms with Crippen LogP contribution in [0.3, 0.4) is 0 Å². The first-order chi connectivity index (χ1) is 7.19. The van der Waals surface area contributed by atoms with Crippen LogP contribution in [0.15, 0.2) is 18.2 Å². The zero-order valence-corrected chi connectivity index (χ0v) is 9.49. The van der Waals surface area contributed by atoms with E-state index in [-0.39, 0.29) is 0 Å². The van der Waals surface area contributed by atoms with Crippen LogP contribution in [0.25, 0.3) is 0 Å². The fourth-order valence-corrected chi connectivity index (χ4v) is 1.28. The second-order valence-corrected chi connectivity index (χ2v) is 3.43. The smallest absolute Gasteiger partial charge is 0.161 e. The Balaban J connectivity index is 2.91. The predicted octanol–water partition coefficient (Wildman–Crippen LogP) is 2.54. The van der Waals surface area contributed by atoms with Crippen molar-refractivity contribution in [2.24, 2.45) is 0 Å². The topological polar surface area (TPSA) is 38.7 Å². The Kier molecular flexibility index (Phi) is 4.43. The Hall–Kier alpha value is -1.22. The van der Waals surface area contributed by atoms with Gasteiger partial charge in [0.15, 0.2) is 11.5 Å². The van der Waals surface area contributed by atoms with Gasteiger partial charge in [0.2, 0.25) is 0 Å². The van der Waals surface area contributed by atoms with Crippen LogP contribution in [0, 0.1) is 0 Å². The minimum absolute atomic E-state index is 0.486. The van der Waals surface area contributed by atoms with Gasteiger partial charge in [-0.3, -0.25) is 0 Å². The SMILES string of the molecule is CCCOc1cc(C(C)O)ccc1OC. The fraction of sp³-hybridized carbons (Fsp3) is 0.500. The first kappa shape index (κ1) is 11.9. The van der Waals surface area contributed by atoms with E-state index in [2.05, 4.69) is 0 Å². The molecule has 3 nitrogen and oxygen atoms in total. The molecule has 0 aliphatic carbocycles. The van der Waals surface area contributed by atoms with Gasteiger partial charge in [-0.05, 0) is 31.0 Å². The van der Waals surface area contributed by atoms with Crippen LogP contribution in [-0.4, -0.2) is 18.8 Å². The highest BCUT2D eigenvalue weighted by Crippen LogP contribution is 2.30. The normalized spacial score (nSPS) is 12.3. The molecule has 0 heterocycles. The van der Waals surface area contributed by atoms with Crippen molar-refractivity contribution in [1.82, 2.24) is 0 Å². The number of hydrogen-bond acceptors (Lipinski definition) is 3. The molecule has 0 aliphatic heterocycles. The number of rotatable bonds is 5. The quantitative estimate of drug-likeness (QED) is 0.811. The molecule has 0 bridgehead atoms. The number of aliphatic hydroxyl groups is 1. The summed E-state index contributed by atoms with van der Waals surface area (Å²) in [5.41, 5.74) is 0.835. The van der Waals surface area contributed by atoms with Crippen LogP contribution < -0.4 is 9.47 Å². The van der Waals surface area contributed by atoms with E-state index < -0.39 is 6.10 Å². The summed E-state index contributed by atoms with van der Waals surface area (Å²) in [6.45, 7) is 4.43. The Labute approximate surface area is 90.6 Å². The zero-order chi connectivity index (χ0) is 11.3. The molecule has 0 amide bonds. The van der Waals surface area contributed by atoms with Crippen molar-refractivity contribution in [2.75, 3.05) is 13.7 Å². The molecule has 0 spiro atoms. The number of methoxy groups -OCH3 is 1. The molecule has 84 valence electrons. The lowest BCUT2D eigenvalue weighted by atomic mass is 10.1. The summed E-state index contributed by atoms with van der Waals surface area (Å²) in [7, 11) is 1.61. The fourth-order valence-electron chi connectivity index (χ4n) is 1.28. The molecule has 0 aromatic heterocycles. The van der Waals surface area contributed by atoms with Crippen LogP contribution in [0.1, 0.15) is 31.9 Å². The van der Waals surface area contributed by atoms with Crippen molar-refractivity contribution in [1.29, 1.82) is 0 Å². The molecule has 0 fully saturated rings. The van der Waals surface area contributed by atoms with E-state index >= 15 is 0 Å². The third kappa shape index (κ3) is 3.13. The Morgan fingerprint density at radius 3 is 2.60 bits per heavy atom. The lowest BCUT2D eigenvalue weighted by Gasteiger charge is -2.12. The third-order valence-corrected chi connectivity index (χ3v) is 2.13. The summed E-state index contributed by atoms with van der Waals surface area (Å²) in [6, 6.07) is 5.47. The van der Waals surface area contributed by atoms with Crippen molar-refractivity contribution >= 4 is 0 Å². The van der Waals surface area contributed by atoms with E-state index in [1.165, 1.54) is 0 Å². The lowest BCUT2D eigenvalue weighted by molar-refractivity contribution is 0.198. The van der Waals surface area contributed by atoms with Crippen LogP contribution in [0.5, 0.6) is 11.5 Å². The molecule has 1 unspecified atom stereocenters. The van der Waals surface area contributed by atoms with Gasteiger partial charge >= 0.3 is 0 Å². The second kappa shape index (κ2) is 5.61. The molecule has 1 atom stereocenters. The Bertz CT molecular complexity index is 308. The lowest BCUT2D eigenvalue weighted by Crippen LogP contribution is -2.00. The second-order valence-electron chi connectivity index (χ2n) is 3.43. The summed E-state index contributed by atoms with van der Waals surface area (Å²) in [6.07, 6.45) is 0.460. The third-order valence-electron chi connectivity index (χ3n) is 2.13. The maximum absolute atomic E-state index is 9.44. The van der Waals surface area contributed by atoms with Crippen molar-refractivity contribution in [2.45, 2.75) is 26.4 Å². The maximum atomic E-state index is 9.44. The van der Waals surface area contributed by atoms with Gasteiger partial charge in [-0.25, -0.2) is 0 Å². The first-order valence-corrected chi connectivity index (χ1v) is 5.17. The van der Waals surface area contributed by atoms with Gasteiger partial charge in [-0.2, -0.15) is 0 Å². The minimum Gasteiger partial charge on any atom is -0.493 e. The molecule has 1 N–H and O–H groups in total. The summed E-state index contributed by atoms with van der Waals surface area (Å²) in [5, 5.41) is 9.44. The molecule has 0 saturated carbocycles. The van der Waals surface area contributed by atoms with E-state index in [0.29, 0.717) is 18.1 Å². The van der Waals surface area contributed by atoms with Gasteiger partial charge in [0.05, 0.1) is 19.8 Å². The predicted molar refractivity (Wildman–Crippen MR) is 59.4 cm³/mol. The molecule has 1 aromatic rings. The molecular weight excluding hydrogens is 192 g/mol. The van der Waals surface area contributed by atoms with Gasteiger partial charge in [0.25, 0.3) is 0 Å². The van der Waals surface area contributed by atoms with E-state index in [1.54, 1.807) is 14.0 Å². The van der Waals surface area contributed by atoms with Crippen LogP contribution in [0.4, 0.5) is 0 Å². The number of aliphatic hydroxyl groups excluding tert-OH is 1. The van der Waals surface area contributed by atoms with Crippen LogP contribution >= 0.6 is 0 Å². The minimum atomic E-state index is -0.486. The molecular formula is C12H18O3. The number of benzene rings is 1. The number of hydrogen-bond donors (Lipinski definition) is 1. The van der Waals surface area contributed by atoms with Crippen LogP contribution in [0.2, 0.25) is 0 Å². The van der Waals surface area contributed by atoms with Crippen molar-refractivity contribution in [3.8, 4) is 11.5 Å². The first-order valence-electron chi connectivity index (χ1n) is 5.17. The van der Waals surface area contributed by atoms with E-state index in [9.17, 15) is 5.11 Å². The van der Waals surface area contributed by atoms with Crippen LogP contribution in [-0.2, 0) is 0 Å². The monoisotopic (exact) mass is 210 g/mol. The molecule has 3 heteroatoms. The zero-order valence-electron chi connectivity index (χ0n) is 9.49. The molecule has 0 saturated heterocycles. The number of ether oxygens (including phenoxy) is 2. The van der Waals surface area contributed by atoms with Crippen molar-refractivity contribution in [3.05, 3.63) is 23.8 Å². The van der Waals surface area contributed by atoms with E-state index in [1.807, 2.05) is 25.1 Å². The highest BCUT2D eigenvalue weighted by molar-refractivity contribution is 5.43. The van der Waals surface area contributed by atoms with Gasteiger partial charge < -0.3 is 14.6 Å². The summed E-state index contributed by atoms with van der Waals surface area (Å²) >= 11 is 0. The standard InChI is InChI=1S/C12H18O3/c1-4-7-15-12-8-10(9(2)13)5-6-11(12)14-3/h5-6,8-9,13H,4,7H2,1-3H3. The van der Waals surface area contributed by atoms with Gasteiger partial charge in [-0.15, -0.1) is 0 Å². The molecule has 1 rings (SSSR count). The van der Waals surface area contributed by atoms with E-state index in [4.69, 9.17) is 9.47 Å². The van der Waals surface area contributed by atoms with E-state index in [0.717, 1.165) is 12.0 Å². The average molecular weight is 210 g/mol. The van der Waals surface area contributed by atoms with Gasteiger partial charge in [0.1, 0.15) is 0 Å². The van der Waals surface area contributed by atoms with Gasteiger partial charge in [0, 0.05) is 0 Å². The summed E-state index contributed by atoms with van der Waals surface area (Å²) < 4.78 is 10.7. The molecule has 0 aliphatic rings.